The van der Waals surface area contributed by atoms with E-state index in [0.717, 1.165) is 5.56 Å². The molecule has 0 aromatic carbocycles. The quantitative estimate of drug-likeness (QED) is 0.648. The summed E-state index contributed by atoms with van der Waals surface area (Å²) in [6.45, 7) is 1.95. The highest BCUT2D eigenvalue weighted by Crippen LogP contribution is 2.17. The van der Waals surface area contributed by atoms with E-state index in [-0.39, 0.29) is 5.28 Å². The Labute approximate surface area is 95.3 Å². The number of rotatable bonds is 1. The SMILES string of the molecule is Cc1cnn(-c2nc(Cl)nc3nc[nH]c23)c1. The third-order valence-corrected chi connectivity index (χ3v) is 2.34. The summed E-state index contributed by atoms with van der Waals surface area (Å²) in [5.74, 6) is 0.598. The zero-order valence-corrected chi connectivity index (χ0v) is 9.10. The van der Waals surface area contributed by atoms with Crippen LogP contribution in [0.25, 0.3) is 17.0 Å². The van der Waals surface area contributed by atoms with E-state index in [1.54, 1.807) is 17.2 Å². The van der Waals surface area contributed by atoms with Crippen LogP contribution < -0.4 is 0 Å². The number of H-pyrrole nitrogens is 1. The van der Waals surface area contributed by atoms with Crippen molar-refractivity contribution in [1.29, 1.82) is 0 Å². The molecule has 0 unspecified atom stereocenters. The van der Waals surface area contributed by atoms with Gasteiger partial charge in [-0.05, 0) is 24.1 Å². The minimum Gasteiger partial charge on any atom is -0.340 e. The maximum absolute atomic E-state index is 5.82. The van der Waals surface area contributed by atoms with Crippen LogP contribution in [-0.2, 0) is 0 Å². The lowest BCUT2D eigenvalue weighted by Crippen LogP contribution is -2.01. The second-order valence-corrected chi connectivity index (χ2v) is 3.72. The highest BCUT2D eigenvalue weighted by molar-refractivity contribution is 6.28. The lowest BCUT2D eigenvalue weighted by atomic mass is 10.4. The summed E-state index contributed by atoms with van der Waals surface area (Å²) in [4.78, 5) is 15.1. The molecule has 0 amide bonds. The monoisotopic (exact) mass is 234 g/mol. The number of imidazole rings is 1. The summed E-state index contributed by atoms with van der Waals surface area (Å²) in [6.07, 6.45) is 5.16. The van der Waals surface area contributed by atoms with Gasteiger partial charge in [-0.3, -0.25) is 0 Å². The van der Waals surface area contributed by atoms with Gasteiger partial charge >= 0.3 is 0 Å². The predicted molar refractivity (Wildman–Crippen MR) is 58.6 cm³/mol. The van der Waals surface area contributed by atoms with Crippen LogP contribution in [0.4, 0.5) is 0 Å². The van der Waals surface area contributed by atoms with Gasteiger partial charge in [-0.15, -0.1) is 0 Å². The molecule has 0 aliphatic heterocycles. The molecule has 1 N–H and O–H groups in total. The molecule has 6 nitrogen and oxygen atoms in total. The van der Waals surface area contributed by atoms with Gasteiger partial charge < -0.3 is 4.98 Å². The molecule has 16 heavy (non-hydrogen) atoms. The average molecular weight is 235 g/mol. The summed E-state index contributed by atoms with van der Waals surface area (Å²) < 4.78 is 1.64. The molecule has 3 aromatic rings. The van der Waals surface area contributed by atoms with Gasteiger partial charge in [0.1, 0.15) is 5.52 Å². The molecule has 0 saturated carbocycles. The average Bonchev–Trinajstić information content (AvgIpc) is 2.84. The van der Waals surface area contributed by atoms with Crippen LogP contribution in [-0.4, -0.2) is 29.7 Å². The van der Waals surface area contributed by atoms with Crippen LogP contribution in [0.5, 0.6) is 0 Å². The van der Waals surface area contributed by atoms with Crippen molar-refractivity contribution in [2.45, 2.75) is 6.92 Å². The summed E-state index contributed by atoms with van der Waals surface area (Å²) in [7, 11) is 0. The molecule has 0 radical (unpaired) electrons. The Morgan fingerprint density at radius 3 is 3.00 bits per heavy atom. The first kappa shape index (κ1) is 9.29. The van der Waals surface area contributed by atoms with E-state index in [9.17, 15) is 0 Å². The zero-order valence-electron chi connectivity index (χ0n) is 8.35. The number of aryl methyl sites for hydroxylation is 1. The van der Waals surface area contributed by atoms with Crippen molar-refractivity contribution in [3.05, 3.63) is 29.6 Å². The van der Waals surface area contributed by atoms with Gasteiger partial charge in [0.2, 0.25) is 5.28 Å². The second kappa shape index (κ2) is 3.28. The fraction of sp³-hybridized carbons (Fsp3) is 0.111. The van der Waals surface area contributed by atoms with E-state index in [2.05, 4.69) is 25.0 Å². The normalized spacial score (nSPS) is 11.1. The molecule has 0 saturated heterocycles. The Balaban J connectivity index is 2.33. The molecule has 3 aromatic heterocycles. The molecule has 0 spiro atoms. The van der Waals surface area contributed by atoms with E-state index < -0.39 is 0 Å². The second-order valence-electron chi connectivity index (χ2n) is 3.38. The molecule has 3 heterocycles. The number of fused-ring (bicyclic) bond motifs is 1. The van der Waals surface area contributed by atoms with Crippen LogP contribution in [0.15, 0.2) is 18.7 Å². The summed E-state index contributed by atoms with van der Waals surface area (Å²) >= 11 is 5.82. The zero-order chi connectivity index (χ0) is 11.1. The van der Waals surface area contributed by atoms with E-state index in [0.29, 0.717) is 17.0 Å². The molecule has 3 rings (SSSR count). The van der Waals surface area contributed by atoms with E-state index >= 15 is 0 Å². The van der Waals surface area contributed by atoms with Crippen LogP contribution in [0, 0.1) is 6.92 Å². The van der Waals surface area contributed by atoms with Crippen molar-refractivity contribution < 1.29 is 0 Å². The summed E-state index contributed by atoms with van der Waals surface area (Å²) in [6, 6.07) is 0. The van der Waals surface area contributed by atoms with Gasteiger partial charge in [0, 0.05) is 6.20 Å². The van der Waals surface area contributed by atoms with Crippen LogP contribution in [0.3, 0.4) is 0 Å². The molecular formula is C9H7ClN6. The number of hydrogen-bond donors (Lipinski definition) is 1. The summed E-state index contributed by atoms with van der Waals surface area (Å²) in [5, 5.41) is 4.33. The Morgan fingerprint density at radius 2 is 2.25 bits per heavy atom. The van der Waals surface area contributed by atoms with Crippen molar-refractivity contribution in [3.63, 3.8) is 0 Å². The fourth-order valence-corrected chi connectivity index (χ4v) is 1.65. The third-order valence-electron chi connectivity index (χ3n) is 2.17. The lowest BCUT2D eigenvalue weighted by molar-refractivity contribution is 0.848. The minimum atomic E-state index is 0.155. The highest BCUT2D eigenvalue weighted by Gasteiger charge is 2.11. The van der Waals surface area contributed by atoms with Gasteiger partial charge in [-0.2, -0.15) is 15.1 Å². The van der Waals surface area contributed by atoms with Gasteiger partial charge in [0.25, 0.3) is 0 Å². The third kappa shape index (κ3) is 1.35. The first-order valence-electron chi connectivity index (χ1n) is 4.62. The van der Waals surface area contributed by atoms with Gasteiger partial charge in [0.05, 0.1) is 12.5 Å². The van der Waals surface area contributed by atoms with Gasteiger partial charge in [-0.1, -0.05) is 0 Å². The standard InChI is InChI=1S/C9H7ClN6/c1-5-2-13-16(3-5)8-6-7(12-4-11-6)14-9(10)15-8/h2-4H,1H3,(H,11,12,14,15). The fourth-order valence-electron chi connectivity index (χ4n) is 1.49. The number of nitrogens with zero attached hydrogens (tertiary/aromatic N) is 5. The first-order chi connectivity index (χ1) is 7.74. The van der Waals surface area contributed by atoms with Gasteiger partial charge in [-0.25, -0.2) is 9.67 Å². The Kier molecular flexibility index (Phi) is 1.90. The first-order valence-corrected chi connectivity index (χ1v) is 5.00. The highest BCUT2D eigenvalue weighted by atomic mass is 35.5. The number of aromatic amines is 1. The van der Waals surface area contributed by atoms with Crippen LogP contribution >= 0.6 is 11.6 Å². The molecule has 0 aliphatic carbocycles. The van der Waals surface area contributed by atoms with Gasteiger partial charge in [0.15, 0.2) is 11.5 Å². The number of aromatic nitrogens is 6. The number of hydrogen-bond acceptors (Lipinski definition) is 4. The topological polar surface area (TPSA) is 72.3 Å². The van der Waals surface area contributed by atoms with E-state index in [4.69, 9.17) is 11.6 Å². The number of nitrogens with one attached hydrogen (secondary N) is 1. The molecule has 80 valence electrons. The molecule has 0 bridgehead atoms. The van der Waals surface area contributed by atoms with E-state index in [1.165, 1.54) is 0 Å². The Morgan fingerprint density at radius 1 is 1.38 bits per heavy atom. The van der Waals surface area contributed by atoms with Crippen molar-refractivity contribution in [1.82, 2.24) is 29.7 Å². The largest absolute Gasteiger partial charge is 0.340 e. The Bertz CT molecular complexity index is 655. The lowest BCUT2D eigenvalue weighted by Gasteiger charge is -2.01. The smallest absolute Gasteiger partial charge is 0.226 e. The van der Waals surface area contributed by atoms with Crippen molar-refractivity contribution in [2.24, 2.45) is 0 Å². The van der Waals surface area contributed by atoms with Crippen molar-refractivity contribution in [3.8, 4) is 5.82 Å². The van der Waals surface area contributed by atoms with Crippen LogP contribution in [0.1, 0.15) is 5.56 Å². The molecule has 0 fully saturated rings. The van der Waals surface area contributed by atoms with Crippen LogP contribution in [0.2, 0.25) is 5.28 Å². The van der Waals surface area contributed by atoms with Crippen molar-refractivity contribution in [2.75, 3.05) is 0 Å². The molecule has 0 atom stereocenters. The molecular weight excluding hydrogens is 228 g/mol. The maximum Gasteiger partial charge on any atom is 0.226 e. The van der Waals surface area contributed by atoms with E-state index in [1.807, 2.05) is 13.1 Å². The predicted octanol–water partition coefficient (Wildman–Crippen LogP) is 1.50. The number of halogens is 1. The minimum absolute atomic E-state index is 0.155. The molecule has 7 heteroatoms. The summed E-state index contributed by atoms with van der Waals surface area (Å²) in [5.41, 5.74) is 2.29. The maximum atomic E-state index is 5.82. The van der Waals surface area contributed by atoms with Crippen molar-refractivity contribution >= 4 is 22.8 Å². The molecule has 0 aliphatic rings. The Hall–Kier alpha value is -1.95.